The van der Waals surface area contributed by atoms with Crippen LogP contribution in [0.25, 0.3) is 0 Å². The first-order valence-corrected chi connectivity index (χ1v) is 10.4. The molecular formula is C21H19Cl2N3O5. The number of amides is 3. The third kappa shape index (κ3) is 4.70. The third-order valence-corrected chi connectivity index (χ3v) is 5.47. The Hall–Kier alpha value is -2.97. The van der Waals surface area contributed by atoms with Gasteiger partial charge in [-0.05, 0) is 43.2 Å². The Bertz CT molecular complexity index is 1010. The topological polar surface area (TPSA) is 97.0 Å². The Morgan fingerprint density at radius 1 is 0.968 bits per heavy atom. The van der Waals surface area contributed by atoms with E-state index >= 15 is 0 Å². The summed E-state index contributed by atoms with van der Waals surface area (Å²) in [5.74, 6) is -0.399. The smallest absolute Gasteiger partial charge is 0.283 e. The van der Waals surface area contributed by atoms with Gasteiger partial charge in [0.25, 0.3) is 17.7 Å². The molecule has 0 aliphatic carbocycles. The number of likely N-dealkylation sites (tertiary alicyclic amines) is 1. The number of hydrogen-bond donors (Lipinski definition) is 2. The predicted octanol–water partition coefficient (Wildman–Crippen LogP) is 2.59. The Morgan fingerprint density at radius 3 is 2.39 bits per heavy atom. The molecule has 8 nitrogen and oxygen atoms in total. The van der Waals surface area contributed by atoms with Gasteiger partial charge in [-0.1, -0.05) is 35.3 Å². The highest BCUT2D eigenvalue weighted by molar-refractivity contribution is 6.35. The number of rotatable bonds is 3. The first-order valence-electron chi connectivity index (χ1n) is 9.67. The highest BCUT2D eigenvalue weighted by Gasteiger charge is 2.35. The van der Waals surface area contributed by atoms with Gasteiger partial charge in [-0.15, -0.1) is 0 Å². The van der Waals surface area contributed by atoms with Crippen molar-refractivity contribution in [2.75, 3.05) is 13.2 Å². The summed E-state index contributed by atoms with van der Waals surface area (Å²) in [7, 11) is 0. The minimum atomic E-state index is -0.912. The fraction of sp³-hybridized carbons (Fsp3) is 0.286. The highest BCUT2D eigenvalue weighted by Crippen LogP contribution is 2.31. The van der Waals surface area contributed by atoms with Gasteiger partial charge in [-0.3, -0.25) is 25.2 Å². The van der Waals surface area contributed by atoms with Crippen molar-refractivity contribution < 1.29 is 23.9 Å². The Labute approximate surface area is 188 Å². The Balaban J connectivity index is 1.36. The largest absolute Gasteiger partial charge is 0.485 e. The van der Waals surface area contributed by atoms with Gasteiger partial charge in [0.05, 0.1) is 0 Å². The van der Waals surface area contributed by atoms with E-state index < -0.39 is 24.0 Å². The number of benzene rings is 2. The van der Waals surface area contributed by atoms with Crippen LogP contribution in [0.15, 0.2) is 42.5 Å². The maximum Gasteiger partial charge on any atom is 0.283 e. The number of carbonyl (C=O) groups excluding carboxylic acids is 3. The molecule has 0 aromatic heterocycles. The molecule has 2 N–H and O–H groups in total. The van der Waals surface area contributed by atoms with Gasteiger partial charge < -0.3 is 14.4 Å². The molecule has 2 heterocycles. The predicted molar refractivity (Wildman–Crippen MR) is 113 cm³/mol. The lowest BCUT2D eigenvalue weighted by Gasteiger charge is -2.27. The van der Waals surface area contributed by atoms with E-state index in [4.69, 9.17) is 32.7 Å². The van der Waals surface area contributed by atoms with Crippen molar-refractivity contribution in [1.29, 1.82) is 0 Å². The van der Waals surface area contributed by atoms with Gasteiger partial charge in [0.2, 0.25) is 6.10 Å². The van der Waals surface area contributed by atoms with Crippen LogP contribution < -0.4 is 20.3 Å². The maximum absolute atomic E-state index is 12.9. The van der Waals surface area contributed by atoms with E-state index in [1.54, 1.807) is 24.3 Å². The normalized spacial score (nSPS) is 19.6. The molecule has 31 heavy (non-hydrogen) atoms. The molecule has 162 valence electrons. The number of halogens is 2. The second-order valence-corrected chi connectivity index (χ2v) is 8.03. The fourth-order valence-corrected chi connectivity index (χ4v) is 4.09. The summed E-state index contributed by atoms with van der Waals surface area (Å²) in [5.41, 5.74) is 5.04. The van der Waals surface area contributed by atoms with E-state index in [1.165, 1.54) is 23.1 Å². The van der Waals surface area contributed by atoms with Crippen LogP contribution in [0.1, 0.15) is 23.2 Å². The summed E-state index contributed by atoms with van der Waals surface area (Å²) in [5, 5.41) is 0.666. The molecule has 0 bridgehead atoms. The van der Waals surface area contributed by atoms with Gasteiger partial charge in [0, 0.05) is 22.2 Å². The Kier molecular flexibility index (Phi) is 6.20. The molecule has 0 saturated carbocycles. The van der Waals surface area contributed by atoms with E-state index in [0.717, 1.165) is 0 Å². The maximum atomic E-state index is 12.9. The van der Waals surface area contributed by atoms with Crippen molar-refractivity contribution in [3.8, 4) is 11.5 Å². The van der Waals surface area contributed by atoms with Crippen LogP contribution in [0.4, 0.5) is 0 Å². The standard InChI is InChI=1S/C21H19Cl2N3O5/c22-13-8-12(9-14(23)10-13)21(29)26-7-3-4-15(26)19(27)24-25-20(28)18-11-30-16-5-1-2-6-17(16)31-18/h1-2,5-6,8-10,15,18H,3-4,7,11H2,(H,24,27)(H,25,28). The SMILES string of the molecule is O=C(NNC(=O)C1CCCN1C(=O)c1cc(Cl)cc(Cl)c1)C1COc2ccccc2O1. The summed E-state index contributed by atoms with van der Waals surface area (Å²) in [6, 6.07) is 10.8. The summed E-state index contributed by atoms with van der Waals surface area (Å²) in [4.78, 5) is 39.4. The highest BCUT2D eigenvalue weighted by atomic mass is 35.5. The van der Waals surface area contributed by atoms with Crippen molar-refractivity contribution in [2.24, 2.45) is 0 Å². The molecule has 2 atom stereocenters. The van der Waals surface area contributed by atoms with Crippen LogP contribution in [0.2, 0.25) is 10.0 Å². The van der Waals surface area contributed by atoms with Crippen LogP contribution in [0.5, 0.6) is 11.5 Å². The number of para-hydroxylation sites is 2. The quantitative estimate of drug-likeness (QED) is 0.681. The zero-order valence-corrected chi connectivity index (χ0v) is 17.8. The number of hydrazine groups is 1. The van der Waals surface area contributed by atoms with Crippen molar-refractivity contribution in [3.05, 3.63) is 58.1 Å². The molecule has 2 aromatic rings. The van der Waals surface area contributed by atoms with Gasteiger partial charge in [-0.25, -0.2) is 0 Å². The molecular weight excluding hydrogens is 445 g/mol. The molecule has 2 aliphatic rings. The number of nitrogens with one attached hydrogen (secondary N) is 2. The zero-order chi connectivity index (χ0) is 22.0. The van der Waals surface area contributed by atoms with E-state index in [1.807, 2.05) is 0 Å². The van der Waals surface area contributed by atoms with Crippen molar-refractivity contribution in [1.82, 2.24) is 15.8 Å². The van der Waals surface area contributed by atoms with Crippen molar-refractivity contribution in [2.45, 2.75) is 25.0 Å². The molecule has 10 heteroatoms. The number of hydrogen-bond acceptors (Lipinski definition) is 5. The second kappa shape index (κ2) is 9.03. The van der Waals surface area contributed by atoms with Crippen LogP contribution in [-0.2, 0) is 9.59 Å². The minimum absolute atomic E-state index is 0.0162. The molecule has 2 unspecified atom stereocenters. The number of fused-ring (bicyclic) bond motifs is 1. The lowest BCUT2D eigenvalue weighted by molar-refractivity contribution is -0.136. The molecule has 2 aromatic carbocycles. The van der Waals surface area contributed by atoms with E-state index in [0.29, 0.717) is 46.5 Å². The molecule has 1 saturated heterocycles. The van der Waals surface area contributed by atoms with E-state index in [-0.39, 0.29) is 12.5 Å². The molecule has 1 fully saturated rings. The average Bonchev–Trinajstić information content (AvgIpc) is 3.25. The van der Waals surface area contributed by atoms with E-state index in [9.17, 15) is 14.4 Å². The Morgan fingerprint density at radius 2 is 1.65 bits per heavy atom. The van der Waals surface area contributed by atoms with Gasteiger partial charge in [0.1, 0.15) is 12.6 Å². The summed E-state index contributed by atoms with van der Waals surface area (Å²) in [6.07, 6.45) is 0.214. The third-order valence-electron chi connectivity index (χ3n) is 5.04. The second-order valence-electron chi connectivity index (χ2n) is 7.16. The minimum Gasteiger partial charge on any atom is -0.485 e. The first-order chi connectivity index (χ1) is 14.9. The lowest BCUT2D eigenvalue weighted by atomic mass is 10.1. The molecule has 0 radical (unpaired) electrons. The van der Waals surface area contributed by atoms with Gasteiger partial charge in [-0.2, -0.15) is 0 Å². The van der Waals surface area contributed by atoms with Crippen molar-refractivity contribution >= 4 is 40.9 Å². The average molecular weight is 464 g/mol. The molecule has 0 spiro atoms. The van der Waals surface area contributed by atoms with Crippen LogP contribution >= 0.6 is 23.2 Å². The van der Waals surface area contributed by atoms with Gasteiger partial charge >= 0.3 is 0 Å². The monoisotopic (exact) mass is 463 g/mol. The molecule has 2 aliphatic heterocycles. The van der Waals surface area contributed by atoms with Crippen molar-refractivity contribution in [3.63, 3.8) is 0 Å². The number of nitrogens with zero attached hydrogens (tertiary/aromatic N) is 1. The molecule has 4 rings (SSSR count). The first kappa shape index (κ1) is 21.3. The van der Waals surface area contributed by atoms with E-state index in [2.05, 4.69) is 10.9 Å². The van der Waals surface area contributed by atoms with Gasteiger partial charge in [0.15, 0.2) is 11.5 Å². The molecule has 3 amide bonds. The lowest BCUT2D eigenvalue weighted by Crippen LogP contribution is -2.55. The fourth-order valence-electron chi connectivity index (χ4n) is 3.56. The summed E-state index contributed by atoms with van der Waals surface area (Å²) >= 11 is 12.0. The summed E-state index contributed by atoms with van der Waals surface area (Å²) < 4.78 is 11.1. The summed E-state index contributed by atoms with van der Waals surface area (Å²) in [6.45, 7) is 0.424. The van der Waals surface area contributed by atoms with Crippen LogP contribution in [-0.4, -0.2) is 47.9 Å². The van der Waals surface area contributed by atoms with Crippen LogP contribution in [0.3, 0.4) is 0 Å². The van der Waals surface area contributed by atoms with Crippen LogP contribution in [0, 0.1) is 0 Å². The number of ether oxygens (including phenoxy) is 2. The number of carbonyl (C=O) groups is 3. The zero-order valence-electron chi connectivity index (χ0n) is 16.3.